The van der Waals surface area contributed by atoms with Crippen LogP contribution in [0.1, 0.15) is 45.4 Å². The lowest BCUT2D eigenvalue weighted by Crippen LogP contribution is -1.80. The molecule has 0 heterocycles. The summed E-state index contributed by atoms with van der Waals surface area (Å²) >= 11 is 0. The fourth-order valence-electron chi connectivity index (χ4n) is 1.76. The van der Waals surface area contributed by atoms with Gasteiger partial charge in [-0.3, -0.25) is 0 Å². The molecule has 0 aromatic carbocycles. The monoisotopic (exact) mass is 176 g/mol. The lowest BCUT2D eigenvalue weighted by atomic mass is 10.1. The van der Waals surface area contributed by atoms with Crippen molar-refractivity contribution < 1.29 is 0 Å². The molecule has 0 nitrogen and oxygen atoms in total. The van der Waals surface area contributed by atoms with E-state index >= 15 is 0 Å². The maximum absolute atomic E-state index is 3.83. The molecule has 0 unspecified atom stereocenters. The van der Waals surface area contributed by atoms with Gasteiger partial charge in [0.25, 0.3) is 0 Å². The first-order valence-corrected chi connectivity index (χ1v) is 5.40. The molecule has 1 rings (SSSR count). The third-order valence-corrected chi connectivity index (χ3v) is 2.57. The molecule has 0 radical (unpaired) electrons. The van der Waals surface area contributed by atoms with E-state index in [1.807, 2.05) is 6.08 Å². The third-order valence-electron chi connectivity index (χ3n) is 2.57. The third kappa shape index (κ3) is 3.22. The minimum atomic E-state index is 1.21. The predicted octanol–water partition coefficient (Wildman–Crippen LogP) is 4.40. The lowest BCUT2D eigenvalue weighted by Gasteiger charge is -1.99. The van der Waals surface area contributed by atoms with E-state index in [2.05, 4.69) is 25.7 Å². The zero-order valence-electron chi connectivity index (χ0n) is 8.68. The summed E-state index contributed by atoms with van der Waals surface area (Å²) in [6.07, 6.45) is 14.4. The minimum absolute atomic E-state index is 1.21. The molecule has 0 amide bonds. The SMILES string of the molecule is C=CC1=CCC/C1=C\CCCCC. The average molecular weight is 176 g/mol. The molecular formula is C13H20. The van der Waals surface area contributed by atoms with Gasteiger partial charge in [0.2, 0.25) is 0 Å². The fourth-order valence-corrected chi connectivity index (χ4v) is 1.76. The molecule has 0 heteroatoms. The molecule has 0 fully saturated rings. The van der Waals surface area contributed by atoms with Crippen molar-refractivity contribution >= 4 is 0 Å². The predicted molar refractivity (Wildman–Crippen MR) is 59.7 cm³/mol. The summed E-state index contributed by atoms with van der Waals surface area (Å²) in [4.78, 5) is 0. The first-order chi connectivity index (χ1) is 6.38. The van der Waals surface area contributed by atoms with Crippen LogP contribution in [0.5, 0.6) is 0 Å². The van der Waals surface area contributed by atoms with Gasteiger partial charge in [-0.05, 0) is 36.8 Å². The van der Waals surface area contributed by atoms with Crippen LogP contribution in [0, 0.1) is 0 Å². The molecule has 0 aliphatic heterocycles. The Kier molecular flexibility index (Phi) is 4.59. The van der Waals surface area contributed by atoms with Gasteiger partial charge in [0, 0.05) is 0 Å². The van der Waals surface area contributed by atoms with E-state index in [1.54, 1.807) is 0 Å². The normalized spacial score (nSPS) is 19.2. The Bertz CT molecular complexity index is 218. The molecule has 0 saturated carbocycles. The van der Waals surface area contributed by atoms with E-state index < -0.39 is 0 Å². The number of unbranched alkanes of at least 4 members (excludes halogenated alkanes) is 3. The first kappa shape index (κ1) is 10.3. The van der Waals surface area contributed by atoms with Gasteiger partial charge in [-0.15, -0.1) is 0 Å². The molecule has 1 aliphatic rings. The van der Waals surface area contributed by atoms with Crippen molar-refractivity contribution in [3.63, 3.8) is 0 Å². The van der Waals surface area contributed by atoms with Crippen molar-refractivity contribution in [2.45, 2.75) is 45.4 Å². The summed E-state index contributed by atoms with van der Waals surface area (Å²) in [6.45, 7) is 6.08. The Labute approximate surface area is 82.0 Å². The summed E-state index contributed by atoms with van der Waals surface area (Å²) in [7, 11) is 0. The first-order valence-electron chi connectivity index (χ1n) is 5.40. The largest absolute Gasteiger partial charge is 0.0985 e. The van der Waals surface area contributed by atoms with Crippen molar-refractivity contribution in [3.05, 3.63) is 36.0 Å². The van der Waals surface area contributed by atoms with E-state index in [-0.39, 0.29) is 0 Å². The molecule has 0 N–H and O–H groups in total. The van der Waals surface area contributed by atoms with Gasteiger partial charge in [-0.1, -0.05) is 44.6 Å². The maximum atomic E-state index is 3.83. The number of allylic oxidation sites excluding steroid dienone is 5. The number of hydrogen-bond acceptors (Lipinski definition) is 0. The van der Waals surface area contributed by atoms with Crippen LogP contribution in [-0.4, -0.2) is 0 Å². The molecule has 72 valence electrons. The van der Waals surface area contributed by atoms with Gasteiger partial charge < -0.3 is 0 Å². The van der Waals surface area contributed by atoms with E-state index in [0.717, 1.165) is 0 Å². The van der Waals surface area contributed by atoms with Crippen LogP contribution in [0.2, 0.25) is 0 Å². The van der Waals surface area contributed by atoms with Gasteiger partial charge in [0.15, 0.2) is 0 Å². The Balaban J connectivity index is 2.34. The van der Waals surface area contributed by atoms with Gasteiger partial charge in [-0.2, -0.15) is 0 Å². The van der Waals surface area contributed by atoms with Crippen molar-refractivity contribution in [2.75, 3.05) is 0 Å². The van der Waals surface area contributed by atoms with Crippen molar-refractivity contribution in [3.8, 4) is 0 Å². The van der Waals surface area contributed by atoms with Crippen LogP contribution in [0.15, 0.2) is 36.0 Å². The summed E-state index contributed by atoms with van der Waals surface area (Å²) in [5, 5.41) is 0. The summed E-state index contributed by atoms with van der Waals surface area (Å²) in [5.41, 5.74) is 2.89. The molecule has 0 bridgehead atoms. The highest BCUT2D eigenvalue weighted by atomic mass is 14.1. The molecular weight excluding hydrogens is 156 g/mol. The van der Waals surface area contributed by atoms with Crippen LogP contribution in [0.25, 0.3) is 0 Å². The van der Waals surface area contributed by atoms with E-state index in [0.29, 0.717) is 0 Å². The Morgan fingerprint density at radius 3 is 3.00 bits per heavy atom. The summed E-state index contributed by atoms with van der Waals surface area (Å²) in [5.74, 6) is 0. The van der Waals surface area contributed by atoms with Crippen LogP contribution in [0.4, 0.5) is 0 Å². The zero-order chi connectivity index (χ0) is 9.52. The summed E-state index contributed by atoms with van der Waals surface area (Å²) in [6, 6.07) is 0. The van der Waals surface area contributed by atoms with Crippen molar-refractivity contribution in [2.24, 2.45) is 0 Å². The molecule has 0 aromatic heterocycles. The molecule has 0 saturated heterocycles. The Hall–Kier alpha value is -0.780. The second kappa shape index (κ2) is 5.80. The van der Waals surface area contributed by atoms with Gasteiger partial charge >= 0.3 is 0 Å². The highest BCUT2D eigenvalue weighted by molar-refractivity contribution is 5.42. The van der Waals surface area contributed by atoms with Crippen LogP contribution >= 0.6 is 0 Å². The van der Waals surface area contributed by atoms with Crippen LogP contribution in [-0.2, 0) is 0 Å². The van der Waals surface area contributed by atoms with Crippen LogP contribution < -0.4 is 0 Å². The Morgan fingerprint density at radius 1 is 1.46 bits per heavy atom. The van der Waals surface area contributed by atoms with Gasteiger partial charge in [0.1, 0.15) is 0 Å². The second-order valence-corrected chi connectivity index (χ2v) is 3.63. The highest BCUT2D eigenvalue weighted by Gasteiger charge is 2.06. The van der Waals surface area contributed by atoms with E-state index in [4.69, 9.17) is 0 Å². The molecule has 0 aromatic rings. The Morgan fingerprint density at radius 2 is 2.31 bits per heavy atom. The fraction of sp³-hybridized carbons (Fsp3) is 0.538. The molecule has 1 aliphatic carbocycles. The van der Waals surface area contributed by atoms with Crippen molar-refractivity contribution in [1.82, 2.24) is 0 Å². The quantitative estimate of drug-likeness (QED) is 0.545. The van der Waals surface area contributed by atoms with Crippen LogP contribution in [0.3, 0.4) is 0 Å². The van der Waals surface area contributed by atoms with Crippen molar-refractivity contribution in [1.29, 1.82) is 0 Å². The number of rotatable bonds is 5. The second-order valence-electron chi connectivity index (χ2n) is 3.63. The van der Waals surface area contributed by atoms with Gasteiger partial charge in [-0.25, -0.2) is 0 Å². The highest BCUT2D eigenvalue weighted by Crippen LogP contribution is 2.26. The lowest BCUT2D eigenvalue weighted by molar-refractivity contribution is 0.726. The standard InChI is InChI=1S/C13H20/c1-3-5-6-7-9-13-11-8-10-12(13)4-2/h4,9-10H,2-3,5-8,11H2,1H3/b13-9+. The minimum Gasteiger partial charge on any atom is -0.0985 e. The topological polar surface area (TPSA) is 0 Å². The summed E-state index contributed by atoms with van der Waals surface area (Å²) < 4.78 is 0. The molecule has 0 atom stereocenters. The van der Waals surface area contributed by atoms with E-state index in [1.165, 1.54) is 49.7 Å². The average Bonchev–Trinajstić information content (AvgIpc) is 2.60. The van der Waals surface area contributed by atoms with E-state index in [9.17, 15) is 0 Å². The number of hydrogen-bond donors (Lipinski definition) is 0. The molecule has 0 spiro atoms. The smallest absolute Gasteiger partial charge is 0.0241 e. The maximum Gasteiger partial charge on any atom is -0.0241 e. The zero-order valence-corrected chi connectivity index (χ0v) is 8.68. The van der Waals surface area contributed by atoms with Gasteiger partial charge in [0.05, 0.1) is 0 Å². The molecule has 13 heavy (non-hydrogen) atoms.